The second kappa shape index (κ2) is 7.00. The Labute approximate surface area is 157 Å². The Morgan fingerprint density at radius 2 is 2.00 bits per heavy atom. The number of hydrogen-bond acceptors (Lipinski definition) is 5. The van der Waals surface area contributed by atoms with E-state index in [4.69, 9.17) is 4.74 Å². The number of aromatic hydroxyl groups is 1. The molecule has 140 valence electrons. The normalized spacial score (nSPS) is 15.2. The van der Waals surface area contributed by atoms with Crippen LogP contribution in [0.2, 0.25) is 0 Å². The van der Waals surface area contributed by atoms with Crippen molar-refractivity contribution in [1.82, 2.24) is 14.5 Å². The first-order valence-electron chi connectivity index (χ1n) is 9.05. The van der Waals surface area contributed by atoms with Gasteiger partial charge < -0.3 is 19.7 Å². The van der Waals surface area contributed by atoms with Crippen molar-refractivity contribution in [3.63, 3.8) is 0 Å². The number of rotatable bonds is 3. The van der Waals surface area contributed by atoms with Crippen LogP contribution < -0.4 is 5.32 Å². The van der Waals surface area contributed by atoms with Crippen LogP contribution in [0.4, 0.5) is 5.69 Å². The maximum Gasteiger partial charge on any atom is 0.257 e. The Hall–Kier alpha value is -2.93. The number of imidazole rings is 1. The standard InChI is InChI=1S/C20H22N4O3/c1-12-13(2)18(25)4-3-16(12)23-20(26)14-9-17-19(21-10-14)24(11-22-17)15-5-7-27-8-6-15/h3-4,9-11,15,25H,5-8H2,1-2H3,(H,23,26). The molecule has 2 aromatic heterocycles. The number of ether oxygens (including phenoxy) is 1. The summed E-state index contributed by atoms with van der Waals surface area (Å²) in [7, 11) is 0. The summed E-state index contributed by atoms with van der Waals surface area (Å²) in [6.45, 7) is 5.17. The minimum Gasteiger partial charge on any atom is -0.508 e. The van der Waals surface area contributed by atoms with Crippen molar-refractivity contribution >= 4 is 22.8 Å². The van der Waals surface area contributed by atoms with Gasteiger partial charge in [-0.2, -0.15) is 0 Å². The van der Waals surface area contributed by atoms with E-state index in [1.807, 2.05) is 13.8 Å². The average Bonchev–Trinajstić information content (AvgIpc) is 3.12. The van der Waals surface area contributed by atoms with Gasteiger partial charge in [0.1, 0.15) is 11.3 Å². The lowest BCUT2D eigenvalue weighted by Crippen LogP contribution is -2.19. The van der Waals surface area contributed by atoms with Gasteiger partial charge in [-0.1, -0.05) is 0 Å². The van der Waals surface area contributed by atoms with Gasteiger partial charge in [0, 0.05) is 31.1 Å². The molecule has 7 nitrogen and oxygen atoms in total. The third-order valence-electron chi connectivity index (χ3n) is 5.27. The van der Waals surface area contributed by atoms with E-state index in [-0.39, 0.29) is 11.7 Å². The zero-order valence-corrected chi connectivity index (χ0v) is 15.4. The van der Waals surface area contributed by atoms with Crippen LogP contribution >= 0.6 is 0 Å². The van der Waals surface area contributed by atoms with E-state index >= 15 is 0 Å². The van der Waals surface area contributed by atoms with Crippen molar-refractivity contribution in [2.75, 3.05) is 18.5 Å². The van der Waals surface area contributed by atoms with Crippen LogP contribution in [0, 0.1) is 13.8 Å². The molecule has 3 heterocycles. The maximum atomic E-state index is 12.6. The van der Waals surface area contributed by atoms with Gasteiger partial charge in [-0.15, -0.1) is 0 Å². The van der Waals surface area contributed by atoms with E-state index in [0.29, 0.717) is 22.8 Å². The third-order valence-corrected chi connectivity index (χ3v) is 5.27. The first kappa shape index (κ1) is 17.5. The number of fused-ring (bicyclic) bond motifs is 1. The molecule has 0 unspecified atom stereocenters. The lowest BCUT2D eigenvalue weighted by atomic mass is 10.1. The summed E-state index contributed by atoms with van der Waals surface area (Å²) in [4.78, 5) is 21.6. The Morgan fingerprint density at radius 1 is 1.22 bits per heavy atom. The zero-order chi connectivity index (χ0) is 19.0. The number of nitrogens with one attached hydrogen (secondary N) is 1. The molecule has 2 N–H and O–H groups in total. The van der Waals surface area contributed by atoms with Gasteiger partial charge in [0.25, 0.3) is 5.91 Å². The second-order valence-electron chi connectivity index (χ2n) is 6.90. The predicted molar refractivity (Wildman–Crippen MR) is 102 cm³/mol. The van der Waals surface area contributed by atoms with Crippen LogP contribution in [-0.4, -0.2) is 38.8 Å². The van der Waals surface area contributed by atoms with Gasteiger partial charge in [-0.05, 0) is 56.0 Å². The molecule has 3 aromatic rings. The van der Waals surface area contributed by atoms with E-state index in [2.05, 4.69) is 19.9 Å². The Morgan fingerprint density at radius 3 is 2.78 bits per heavy atom. The second-order valence-corrected chi connectivity index (χ2v) is 6.90. The summed E-state index contributed by atoms with van der Waals surface area (Å²) in [6.07, 6.45) is 5.25. The molecule has 1 fully saturated rings. The molecule has 0 radical (unpaired) electrons. The van der Waals surface area contributed by atoms with Crippen LogP contribution in [0.15, 0.2) is 30.7 Å². The Bertz CT molecular complexity index is 1010. The number of benzene rings is 1. The summed E-state index contributed by atoms with van der Waals surface area (Å²) in [5.74, 6) is -0.0366. The van der Waals surface area contributed by atoms with E-state index < -0.39 is 0 Å². The number of anilines is 1. The molecule has 7 heteroatoms. The van der Waals surface area contributed by atoms with Crippen molar-refractivity contribution in [3.05, 3.63) is 47.4 Å². The molecule has 1 amide bonds. The summed E-state index contributed by atoms with van der Waals surface area (Å²) in [6, 6.07) is 5.37. The van der Waals surface area contributed by atoms with Crippen LogP contribution in [0.5, 0.6) is 5.75 Å². The number of pyridine rings is 1. The zero-order valence-electron chi connectivity index (χ0n) is 15.4. The number of nitrogens with zero attached hydrogens (tertiary/aromatic N) is 3. The van der Waals surface area contributed by atoms with Crippen LogP contribution in [0.1, 0.15) is 40.4 Å². The number of phenolic OH excluding ortho intramolecular Hbond substituents is 1. The quantitative estimate of drug-likeness (QED) is 0.694. The molecular weight excluding hydrogens is 344 g/mol. The van der Waals surface area contributed by atoms with Crippen LogP contribution in [0.3, 0.4) is 0 Å². The summed E-state index contributed by atoms with van der Waals surface area (Å²) in [5, 5.41) is 12.7. The van der Waals surface area contributed by atoms with Crippen molar-refractivity contribution in [2.45, 2.75) is 32.7 Å². The largest absolute Gasteiger partial charge is 0.508 e. The van der Waals surface area contributed by atoms with Crippen molar-refractivity contribution in [2.24, 2.45) is 0 Å². The van der Waals surface area contributed by atoms with Gasteiger partial charge in [-0.3, -0.25) is 4.79 Å². The highest BCUT2D eigenvalue weighted by Gasteiger charge is 2.19. The number of hydrogen-bond donors (Lipinski definition) is 2. The molecule has 0 aliphatic carbocycles. The SMILES string of the molecule is Cc1c(O)ccc(NC(=O)c2cnc3c(c2)ncn3C2CCOCC2)c1C. The van der Waals surface area contributed by atoms with Crippen molar-refractivity contribution < 1.29 is 14.6 Å². The Kier molecular flexibility index (Phi) is 4.53. The fourth-order valence-electron chi connectivity index (χ4n) is 3.41. The maximum absolute atomic E-state index is 12.6. The first-order chi connectivity index (χ1) is 13.0. The van der Waals surface area contributed by atoms with E-state index in [1.165, 1.54) is 0 Å². The topological polar surface area (TPSA) is 89.3 Å². The number of aromatic nitrogens is 3. The average molecular weight is 366 g/mol. The smallest absolute Gasteiger partial charge is 0.257 e. The summed E-state index contributed by atoms with van der Waals surface area (Å²) >= 11 is 0. The number of amides is 1. The highest BCUT2D eigenvalue weighted by molar-refractivity contribution is 6.05. The van der Waals surface area contributed by atoms with Gasteiger partial charge in [0.05, 0.1) is 11.9 Å². The van der Waals surface area contributed by atoms with Gasteiger partial charge in [-0.25, -0.2) is 9.97 Å². The summed E-state index contributed by atoms with van der Waals surface area (Å²) < 4.78 is 7.50. The summed E-state index contributed by atoms with van der Waals surface area (Å²) in [5.41, 5.74) is 4.19. The monoisotopic (exact) mass is 366 g/mol. The predicted octanol–water partition coefficient (Wildman–Crippen LogP) is 3.36. The first-order valence-corrected chi connectivity index (χ1v) is 9.05. The van der Waals surface area contributed by atoms with Crippen LogP contribution in [0.25, 0.3) is 11.2 Å². The molecule has 0 saturated carbocycles. The van der Waals surface area contributed by atoms with E-state index in [1.54, 1.807) is 30.7 Å². The van der Waals surface area contributed by atoms with Crippen molar-refractivity contribution in [1.29, 1.82) is 0 Å². The highest BCUT2D eigenvalue weighted by Crippen LogP contribution is 2.27. The molecule has 0 bridgehead atoms. The van der Waals surface area contributed by atoms with Crippen molar-refractivity contribution in [3.8, 4) is 5.75 Å². The number of carbonyl (C=O) groups is 1. The molecule has 1 aromatic carbocycles. The molecule has 1 aliphatic heterocycles. The molecule has 0 atom stereocenters. The number of phenols is 1. The number of carbonyl (C=O) groups excluding carboxylic acids is 1. The fourth-order valence-corrected chi connectivity index (χ4v) is 3.41. The van der Waals surface area contributed by atoms with Gasteiger partial charge >= 0.3 is 0 Å². The molecule has 1 aliphatic rings. The fraction of sp³-hybridized carbons (Fsp3) is 0.350. The Balaban J connectivity index is 1.59. The minimum atomic E-state index is -0.252. The third kappa shape index (κ3) is 3.26. The minimum absolute atomic E-state index is 0.215. The molecule has 1 saturated heterocycles. The van der Waals surface area contributed by atoms with Gasteiger partial charge in [0.2, 0.25) is 0 Å². The van der Waals surface area contributed by atoms with Gasteiger partial charge in [0.15, 0.2) is 5.65 Å². The molecule has 4 rings (SSSR count). The van der Waals surface area contributed by atoms with E-state index in [0.717, 1.165) is 42.8 Å². The highest BCUT2D eigenvalue weighted by atomic mass is 16.5. The molecule has 27 heavy (non-hydrogen) atoms. The lowest BCUT2D eigenvalue weighted by molar-refractivity contribution is 0.0704. The molecular formula is C20H22N4O3. The lowest BCUT2D eigenvalue weighted by Gasteiger charge is -2.23. The molecule has 0 spiro atoms. The van der Waals surface area contributed by atoms with E-state index in [9.17, 15) is 9.90 Å². The van der Waals surface area contributed by atoms with Crippen LogP contribution in [-0.2, 0) is 4.74 Å².